The van der Waals surface area contributed by atoms with Gasteiger partial charge in [0.05, 0.1) is 0 Å². The van der Waals surface area contributed by atoms with Gasteiger partial charge in [-0.25, -0.2) is 0 Å². The van der Waals surface area contributed by atoms with Crippen LogP contribution in [0.3, 0.4) is 0 Å². The number of nitrogens with zero attached hydrogens (tertiary/aromatic N) is 1. The molecule has 0 aliphatic heterocycles. The number of rotatable bonds is 15. The first kappa shape index (κ1) is 26.0. The average molecular weight is 394 g/mol. The lowest BCUT2D eigenvalue weighted by Gasteiger charge is -2.29. The average Bonchev–Trinajstić information content (AvgIpc) is 2.69. The van der Waals surface area contributed by atoms with E-state index in [0.717, 1.165) is 35.6 Å². The summed E-state index contributed by atoms with van der Waals surface area (Å²) in [6.45, 7) is 12.2. The quantitative estimate of drug-likeness (QED) is 0.252. The van der Waals surface area contributed by atoms with Crippen molar-refractivity contribution < 1.29 is 0 Å². The minimum absolute atomic E-state index is 0.718. The molecule has 0 saturated heterocycles. The van der Waals surface area contributed by atoms with Crippen LogP contribution >= 0.6 is 0 Å². The van der Waals surface area contributed by atoms with E-state index in [0.29, 0.717) is 0 Å². The highest BCUT2D eigenvalue weighted by Crippen LogP contribution is 2.35. The molecule has 0 aromatic carbocycles. The van der Waals surface area contributed by atoms with Crippen LogP contribution in [0, 0.1) is 29.6 Å². The molecule has 28 heavy (non-hydrogen) atoms. The third kappa shape index (κ3) is 11.2. The van der Waals surface area contributed by atoms with E-state index in [-0.39, 0.29) is 0 Å². The lowest BCUT2D eigenvalue weighted by Crippen LogP contribution is -2.25. The monoisotopic (exact) mass is 393 g/mol. The molecule has 0 aromatic heterocycles. The van der Waals surface area contributed by atoms with Gasteiger partial charge in [-0.15, -0.1) is 0 Å². The number of hydrogen-bond donors (Lipinski definition) is 0. The minimum atomic E-state index is 0.718. The van der Waals surface area contributed by atoms with E-state index in [1.807, 2.05) is 0 Å². The molecule has 1 heteroatoms. The van der Waals surface area contributed by atoms with E-state index >= 15 is 0 Å². The predicted octanol–water partition coefficient (Wildman–Crippen LogP) is 8.57. The molecule has 1 aliphatic rings. The summed E-state index contributed by atoms with van der Waals surface area (Å²) < 4.78 is 0. The molecule has 0 N–H and O–H groups in total. The summed E-state index contributed by atoms with van der Waals surface area (Å²) in [5.74, 6) is 4.80. The van der Waals surface area contributed by atoms with Gasteiger partial charge in [-0.2, -0.15) is 0 Å². The normalized spacial score (nSPS) is 24.9. The van der Waals surface area contributed by atoms with E-state index in [2.05, 4.69) is 53.6 Å². The first-order valence-electron chi connectivity index (χ1n) is 13.0. The van der Waals surface area contributed by atoms with Crippen LogP contribution in [-0.2, 0) is 0 Å². The van der Waals surface area contributed by atoms with Crippen LogP contribution in [0.15, 0.2) is 0 Å². The van der Waals surface area contributed by atoms with Crippen molar-refractivity contribution in [1.82, 2.24) is 4.90 Å². The Bertz CT molecular complexity index is 355. The van der Waals surface area contributed by atoms with Crippen LogP contribution in [0.25, 0.3) is 0 Å². The lowest BCUT2D eigenvalue weighted by atomic mass is 9.77. The highest BCUT2D eigenvalue weighted by Gasteiger charge is 2.21. The summed E-state index contributed by atoms with van der Waals surface area (Å²) in [6, 6.07) is 0.718. The van der Waals surface area contributed by atoms with E-state index in [4.69, 9.17) is 0 Å². The third-order valence-electron chi connectivity index (χ3n) is 8.26. The Morgan fingerprint density at radius 1 is 0.679 bits per heavy atom. The molecule has 4 atom stereocenters. The summed E-state index contributed by atoms with van der Waals surface area (Å²) >= 11 is 0. The molecular formula is C27H55N. The molecule has 0 radical (unpaired) electrons. The van der Waals surface area contributed by atoms with E-state index < -0.39 is 0 Å². The first-order valence-corrected chi connectivity index (χ1v) is 13.0. The maximum atomic E-state index is 2.52. The van der Waals surface area contributed by atoms with Crippen molar-refractivity contribution in [2.75, 3.05) is 14.1 Å². The van der Waals surface area contributed by atoms with Gasteiger partial charge in [0.2, 0.25) is 0 Å². The summed E-state index contributed by atoms with van der Waals surface area (Å²) in [5, 5.41) is 0. The summed E-state index contributed by atoms with van der Waals surface area (Å²) in [5.41, 5.74) is 0. The van der Waals surface area contributed by atoms with Crippen LogP contribution in [0.5, 0.6) is 0 Å². The maximum absolute atomic E-state index is 2.52. The fourth-order valence-corrected chi connectivity index (χ4v) is 5.04. The second-order valence-corrected chi connectivity index (χ2v) is 11.0. The largest absolute Gasteiger partial charge is 0.307 e. The van der Waals surface area contributed by atoms with Gasteiger partial charge in [-0.1, -0.05) is 105 Å². The fraction of sp³-hybridized carbons (Fsp3) is 1.00. The Balaban J connectivity index is 2.11. The second-order valence-electron chi connectivity index (χ2n) is 11.0. The zero-order valence-electron chi connectivity index (χ0n) is 20.8. The molecule has 1 aliphatic carbocycles. The SMILES string of the molecule is CCCCCC1CCC(CCC(C)CCC(C)C(C)CCC(C)N(C)C)CC1. The van der Waals surface area contributed by atoms with E-state index in [9.17, 15) is 0 Å². The number of unbranched alkanes of at least 4 members (excludes halogenated alkanes) is 2. The highest BCUT2D eigenvalue weighted by molar-refractivity contribution is 4.74. The smallest absolute Gasteiger partial charge is 0.00609 e. The van der Waals surface area contributed by atoms with Gasteiger partial charge in [0, 0.05) is 6.04 Å². The van der Waals surface area contributed by atoms with Crippen molar-refractivity contribution in [3.05, 3.63) is 0 Å². The van der Waals surface area contributed by atoms with E-state index in [1.54, 1.807) is 0 Å². The van der Waals surface area contributed by atoms with Crippen molar-refractivity contribution in [2.45, 2.75) is 131 Å². The van der Waals surface area contributed by atoms with Crippen molar-refractivity contribution in [3.63, 3.8) is 0 Å². The van der Waals surface area contributed by atoms with Gasteiger partial charge in [0.25, 0.3) is 0 Å². The van der Waals surface area contributed by atoms with Crippen molar-refractivity contribution in [1.29, 1.82) is 0 Å². The molecule has 0 heterocycles. The Morgan fingerprint density at radius 2 is 1.21 bits per heavy atom. The Labute approximate surface area is 179 Å². The highest BCUT2D eigenvalue weighted by atomic mass is 15.1. The zero-order valence-corrected chi connectivity index (χ0v) is 20.8. The molecule has 1 nitrogen and oxygen atoms in total. The van der Waals surface area contributed by atoms with Crippen LogP contribution in [-0.4, -0.2) is 25.0 Å². The van der Waals surface area contributed by atoms with Gasteiger partial charge in [0.1, 0.15) is 0 Å². The van der Waals surface area contributed by atoms with Gasteiger partial charge < -0.3 is 4.90 Å². The molecule has 1 fully saturated rings. The minimum Gasteiger partial charge on any atom is -0.307 e. The fourth-order valence-electron chi connectivity index (χ4n) is 5.04. The molecule has 0 aromatic rings. The second kappa shape index (κ2) is 14.9. The molecular weight excluding hydrogens is 338 g/mol. The standard InChI is InChI=1S/C27H55N/c1-8-9-10-11-26-18-20-27(21-19-26)17-13-22(2)12-14-23(3)24(4)15-16-25(5)28(6)7/h22-27H,8-21H2,1-7H3. The first-order chi connectivity index (χ1) is 13.3. The summed E-state index contributed by atoms with van der Waals surface area (Å²) in [4.78, 5) is 2.36. The van der Waals surface area contributed by atoms with Gasteiger partial charge >= 0.3 is 0 Å². The van der Waals surface area contributed by atoms with Crippen molar-refractivity contribution in [3.8, 4) is 0 Å². The Morgan fingerprint density at radius 3 is 1.75 bits per heavy atom. The Kier molecular flexibility index (Phi) is 13.8. The Hall–Kier alpha value is -0.0400. The van der Waals surface area contributed by atoms with Crippen LogP contribution in [0.1, 0.15) is 125 Å². The summed E-state index contributed by atoms with van der Waals surface area (Å²) in [6.07, 6.45) is 20.5. The number of hydrogen-bond acceptors (Lipinski definition) is 1. The zero-order chi connectivity index (χ0) is 20.9. The van der Waals surface area contributed by atoms with E-state index in [1.165, 1.54) is 89.9 Å². The van der Waals surface area contributed by atoms with Crippen molar-refractivity contribution in [2.24, 2.45) is 29.6 Å². The summed E-state index contributed by atoms with van der Waals surface area (Å²) in [7, 11) is 4.42. The van der Waals surface area contributed by atoms with Crippen molar-refractivity contribution >= 4 is 0 Å². The van der Waals surface area contributed by atoms with Gasteiger partial charge in [0.15, 0.2) is 0 Å². The molecule has 0 amide bonds. The van der Waals surface area contributed by atoms with Crippen LogP contribution < -0.4 is 0 Å². The molecule has 4 unspecified atom stereocenters. The maximum Gasteiger partial charge on any atom is 0.00609 e. The van der Waals surface area contributed by atoms with Gasteiger partial charge in [-0.3, -0.25) is 0 Å². The molecule has 0 bridgehead atoms. The van der Waals surface area contributed by atoms with Crippen LogP contribution in [0.2, 0.25) is 0 Å². The third-order valence-corrected chi connectivity index (χ3v) is 8.26. The molecule has 1 saturated carbocycles. The van der Waals surface area contributed by atoms with Crippen LogP contribution in [0.4, 0.5) is 0 Å². The lowest BCUT2D eigenvalue weighted by molar-refractivity contribution is 0.230. The molecule has 1 rings (SSSR count). The molecule has 0 spiro atoms. The topological polar surface area (TPSA) is 3.24 Å². The van der Waals surface area contributed by atoms with Gasteiger partial charge in [-0.05, 0) is 63.5 Å². The predicted molar refractivity (Wildman–Crippen MR) is 128 cm³/mol. The molecule has 168 valence electrons.